The van der Waals surface area contributed by atoms with Crippen molar-refractivity contribution >= 4 is 11.8 Å². The van der Waals surface area contributed by atoms with Crippen molar-refractivity contribution < 1.29 is 18.4 Å². The Labute approximate surface area is 182 Å². The number of carbonyl (C=O) groups excluding carboxylic acids is 2. The second-order valence-electron chi connectivity index (χ2n) is 8.90. The highest BCUT2D eigenvalue weighted by atomic mass is 19.2. The number of nitrogens with one attached hydrogen (secondary N) is 1. The van der Waals surface area contributed by atoms with E-state index in [2.05, 4.69) is 10.2 Å². The smallest absolute Gasteiger partial charge is 0.237 e. The molecule has 2 heterocycles. The zero-order chi connectivity index (χ0) is 21.8. The Balaban J connectivity index is 1.35. The van der Waals surface area contributed by atoms with Crippen LogP contribution in [0.5, 0.6) is 0 Å². The molecule has 1 saturated carbocycles. The van der Waals surface area contributed by atoms with Crippen LogP contribution in [-0.2, 0) is 16.1 Å². The van der Waals surface area contributed by atoms with Gasteiger partial charge in [-0.2, -0.15) is 0 Å². The van der Waals surface area contributed by atoms with Gasteiger partial charge in [-0.3, -0.25) is 19.4 Å². The summed E-state index contributed by atoms with van der Waals surface area (Å²) in [5.41, 5.74) is 0.202. The van der Waals surface area contributed by atoms with Crippen molar-refractivity contribution in [1.82, 2.24) is 20.0 Å². The van der Waals surface area contributed by atoms with Crippen LogP contribution in [0.2, 0.25) is 0 Å². The van der Waals surface area contributed by atoms with Gasteiger partial charge in [0.25, 0.3) is 0 Å². The molecule has 170 valence electrons. The largest absolute Gasteiger partial charge is 0.353 e. The van der Waals surface area contributed by atoms with Gasteiger partial charge in [0.2, 0.25) is 11.8 Å². The minimum Gasteiger partial charge on any atom is -0.353 e. The van der Waals surface area contributed by atoms with Crippen molar-refractivity contribution in [2.45, 2.75) is 57.2 Å². The van der Waals surface area contributed by atoms with Gasteiger partial charge < -0.3 is 10.2 Å². The summed E-state index contributed by atoms with van der Waals surface area (Å²) in [7, 11) is 0. The molecule has 1 aromatic carbocycles. The Morgan fingerprint density at radius 3 is 2.52 bits per heavy atom. The molecule has 0 spiro atoms. The van der Waals surface area contributed by atoms with Gasteiger partial charge in [-0.25, -0.2) is 8.78 Å². The molecule has 3 aliphatic rings. The third kappa shape index (κ3) is 5.23. The Morgan fingerprint density at radius 1 is 1.03 bits per heavy atom. The molecule has 1 aromatic rings. The Morgan fingerprint density at radius 2 is 1.77 bits per heavy atom. The van der Waals surface area contributed by atoms with Crippen LogP contribution in [0.15, 0.2) is 18.2 Å². The summed E-state index contributed by atoms with van der Waals surface area (Å²) in [4.78, 5) is 31.6. The van der Waals surface area contributed by atoms with Gasteiger partial charge in [-0.15, -0.1) is 0 Å². The van der Waals surface area contributed by atoms with Crippen molar-refractivity contribution in [2.75, 3.05) is 39.3 Å². The zero-order valence-corrected chi connectivity index (χ0v) is 18.0. The van der Waals surface area contributed by atoms with Crippen molar-refractivity contribution in [3.63, 3.8) is 0 Å². The van der Waals surface area contributed by atoms with Crippen LogP contribution >= 0.6 is 0 Å². The van der Waals surface area contributed by atoms with E-state index in [1.807, 2.05) is 4.90 Å². The highest BCUT2D eigenvalue weighted by Crippen LogP contribution is 2.24. The monoisotopic (exact) mass is 434 g/mol. The molecule has 2 saturated heterocycles. The van der Waals surface area contributed by atoms with Crippen molar-refractivity contribution in [1.29, 1.82) is 0 Å². The third-order valence-corrected chi connectivity index (χ3v) is 6.97. The maximum atomic E-state index is 14.1. The normalized spacial score (nSPS) is 24.3. The highest BCUT2D eigenvalue weighted by molar-refractivity contribution is 5.88. The van der Waals surface area contributed by atoms with Crippen LogP contribution < -0.4 is 5.32 Å². The lowest BCUT2D eigenvalue weighted by molar-refractivity contribution is -0.140. The number of benzene rings is 1. The molecule has 1 unspecified atom stereocenters. The number of nitrogens with zero attached hydrogens (tertiary/aromatic N) is 3. The molecule has 1 aliphatic carbocycles. The van der Waals surface area contributed by atoms with E-state index in [9.17, 15) is 18.4 Å². The van der Waals surface area contributed by atoms with E-state index in [4.69, 9.17) is 0 Å². The van der Waals surface area contributed by atoms with E-state index >= 15 is 0 Å². The second-order valence-corrected chi connectivity index (χ2v) is 8.90. The lowest BCUT2D eigenvalue weighted by Gasteiger charge is -2.41. The van der Waals surface area contributed by atoms with Gasteiger partial charge in [0.1, 0.15) is 0 Å². The fourth-order valence-electron chi connectivity index (χ4n) is 5.14. The van der Waals surface area contributed by atoms with E-state index in [0.717, 1.165) is 19.2 Å². The van der Waals surface area contributed by atoms with Gasteiger partial charge in [0, 0.05) is 57.4 Å². The van der Waals surface area contributed by atoms with Crippen molar-refractivity contribution in [3.8, 4) is 0 Å². The van der Waals surface area contributed by atoms with E-state index in [-0.39, 0.29) is 30.3 Å². The molecule has 8 heteroatoms. The molecule has 1 atom stereocenters. The van der Waals surface area contributed by atoms with Crippen LogP contribution in [0, 0.1) is 11.6 Å². The predicted molar refractivity (Wildman–Crippen MR) is 113 cm³/mol. The molecular weight excluding hydrogens is 402 g/mol. The third-order valence-electron chi connectivity index (χ3n) is 6.97. The minimum absolute atomic E-state index is 0.0462. The van der Waals surface area contributed by atoms with E-state index in [1.165, 1.54) is 44.2 Å². The number of carbonyl (C=O) groups is 2. The lowest BCUT2D eigenvalue weighted by Crippen LogP contribution is -2.57. The van der Waals surface area contributed by atoms with Gasteiger partial charge >= 0.3 is 0 Å². The fourth-order valence-corrected chi connectivity index (χ4v) is 5.14. The summed E-state index contributed by atoms with van der Waals surface area (Å²) in [5.74, 6) is -2.06. The first-order chi connectivity index (χ1) is 15.0. The van der Waals surface area contributed by atoms with E-state index < -0.39 is 17.7 Å². The molecule has 1 N–H and O–H groups in total. The van der Waals surface area contributed by atoms with Gasteiger partial charge in [-0.05, 0) is 18.9 Å². The Hall–Kier alpha value is -2.06. The topological polar surface area (TPSA) is 55.9 Å². The van der Waals surface area contributed by atoms with E-state index in [0.29, 0.717) is 32.2 Å². The van der Waals surface area contributed by atoms with Crippen LogP contribution in [0.3, 0.4) is 0 Å². The maximum Gasteiger partial charge on any atom is 0.237 e. The SMILES string of the molecule is O=C1NCCN(Cc2cccc(F)c2F)C1CC(=O)N1CCN(C2CCCCC2)CC1. The molecule has 0 bridgehead atoms. The van der Waals surface area contributed by atoms with Crippen LogP contribution in [0.1, 0.15) is 44.1 Å². The summed E-state index contributed by atoms with van der Waals surface area (Å²) in [6.45, 7) is 4.15. The minimum atomic E-state index is -0.901. The molecule has 0 radical (unpaired) electrons. The molecule has 0 aromatic heterocycles. The number of halogens is 2. The summed E-state index contributed by atoms with van der Waals surface area (Å²) in [6, 6.07) is 4.04. The number of rotatable bonds is 5. The lowest BCUT2D eigenvalue weighted by atomic mass is 9.94. The fraction of sp³-hybridized carbons (Fsp3) is 0.652. The summed E-state index contributed by atoms with van der Waals surface area (Å²) >= 11 is 0. The standard InChI is InChI=1S/C23H32F2N4O2/c24-19-8-4-5-17(22(19)25)16-29-10-9-26-23(31)20(29)15-21(30)28-13-11-27(12-14-28)18-6-2-1-3-7-18/h4-5,8,18,20H,1-3,6-7,9-16H2,(H,26,31). The zero-order valence-electron chi connectivity index (χ0n) is 18.0. The van der Waals surface area contributed by atoms with Gasteiger partial charge in [-0.1, -0.05) is 31.4 Å². The first kappa shape index (κ1) is 22.1. The Kier molecular flexibility index (Phi) is 7.17. The van der Waals surface area contributed by atoms with Gasteiger partial charge in [0.05, 0.1) is 12.5 Å². The molecule has 31 heavy (non-hydrogen) atoms. The molecule has 3 fully saturated rings. The molecule has 4 rings (SSSR count). The quantitative estimate of drug-likeness (QED) is 0.772. The van der Waals surface area contributed by atoms with Crippen molar-refractivity contribution in [3.05, 3.63) is 35.4 Å². The first-order valence-electron chi connectivity index (χ1n) is 11.5. The summed E-state index contributed by atoms with van der Waals surface area (Å²) < 4.78 is 27.7. The Bertz CT molecular complexity index is 792. The predicted octanol–water partition coefficient (Wildman–Crippen LogP) is 2.13. The maximum absolute atomic E-state index is 14.1. The van der Waals surface area contributed by atoms with Gasteiger partial charge in [0.15, 0.2) is 11.6 Å². The summed E-state index contributed by atoms with van der Waals surface area (Å²) in [5, 5.41) is 2.80. The second kappa shape index (κ2) is 10.0. The van der Waals surface area contributed by atoms with Crippen LogP contribution in [0.4, 0.5) is 8.78 Å². The average molecular weight is 435 g/mol. The average Bonchev–Trinajstić information content (AvgIpc) is 2.80. The molecule has 6 nitrogen and oxygen atoms in total. The molecule has 2 aliphatic heterocycles. The summed E-state index contributed by atoms with van der Waals surface area (Å²) in [6.07, 6.45) is 6.48. The van der Waals surface area contributed by atoms with E-state index in [1.54, 1.807) is 4.90 Å². The number of piperazine rings is 2. The number of amides is 2. The number of hydrogen-bond acceptors (Lipinski definition) is 4. The van der Waals surface area contributed by atoms with Crippen LogP contribution in [0.25, 0.3) is 0 Å². The molecule has 2 amide bonds. The molecular formula is C23H32F2N4O2. The number of hydrogen-bond donors (Lipinski definition) is 1. The van der Waals surface area contributed by atoms with Crippen LogP contribution in [-0.4, -0.2) is 77.9 Å². The van der Waals surface area contributed by atoms with Crippen molar-refractivity contribution in [2.24, 2.45) is 0 Å². The highest BCUT2D eigenvalue weighted by Gasteiger charge is 2.34. The first-order valence-corrected chi connectivity index (χ1v) is 11.5.